The predicted octanol–water partition coefficient (Wildman–Crippen LogP) is 1.09. The molecule has 3 rings (SSSR count). The van der Waals surface area contributed by atoms with Gasteiger partial charge in [-0.05, 0) is 24.6 Å². The molecule has 1 aromatic carbocycles. The summed E-state index contributed by atoms with van der Waals surface area (Å²) in [6.07, 6.45) is 0. The minimum absolute atomic E-state index is 0.312. The van der Waals surface area contributed by atoms with Crippen LogP contribution in [0.2, 0.25) is 0 Å². The van der Waals surface area contributed by atoms with E-state index in [9.17, 15) is 9.59 Å². The maximum Gasteiger partial charge on any atom is 0.332 e. The number of nitrogens with zero attached hydrogens (tertiary/aromatic N) is 3. The third-order valence-corrected chi connectivity index (χ3v) is 3.38. The topological polar surface area (TPSA) is 56.9 Å². The van der Waals surface area contributed by atoms with E-state index >= 15 is 0 Å². The SMILES string of the molecule is Cc1ccc2cc3c(=O)n(C)c(=O)n(C)c3nc2c1. The van der Waals surface area contributed by atoms with Crippen molar-refractivity contribution in [3.8, 4) is 0 Å². The van der Waals surface area contributed by atoms with E-state index in [1.54, 1.807) is 13.1 Å². The zero-order valence-electron chi connectivity index (χ0n) is 11.0. The molecule has 2 heterocycles. The number of rotatable bonds is 0. The van der Waals surface area contributed by atoms with Gasteiger partial charge in [-0.3, -0.25) is 13.9 Å². The van der Waals surface area contributed by atoms with Crippen LogP contribution in [0.4, 0.5) is 0 Å². The van der Waals surface area contributed by atoms with Crippen LogP contribution in [0.15, 0.2) is 33.9 Å². The normalized spacial score (nSPS) is 11.3. The first-order chi connectivity index (χ1) is 8.99. The van der Waals surface area contributed by atoms with Gasteiger partial charge in [0, 0.05) is 19.5 Å². The number of fused-ring (bicyclic) bond motifs is 2. The molecule has 0 radical (unpaired) electrons. The molecular weight excluding hydrogens is 242 g/mol. The Labute approximate surface area is 108 Å². The van der Waals surface area contributed by atoms with Gasteiger partial charge in [0.05, 0.1) is 10.9 Å². The van der Waals surface area contributed by atoms with Crippen LogP contribution in [0.5, 0.6) is 0 Å². The lowest BCUT2D eigenvalue weighted by Crippen LogP contribution is -2.37. The lowest BCUT2D eigenvalue weighted by molar-refractivity contribution is 0.708. The number of benzene rings is 1. The zero-order valence-corrected chi connectivity index (χ0v) is 11.0. The fourth-order valence-corrected chi connectivity index (χ4v) is 2.26. The molecule has 5 nitrogen and oxygen atoms in total. The number of hydrogen-bond acceptors (Lipinski definition) is 3. The van der Waals surface area contributed by atoms with Crippen LogP contribution in [-0.4, -0.2) is 14.1 Å². The Morgan fingerprint density at radius 2 is 1.79 bits per heavy atom. The van der Waals surface area contributed by atoms with E-state index in [-0.39, 0.29) is 11.2 Å². The summed E-state index contributed by atoms with van der Waals surface area (Å²) in [6.45, 7) is 1.98. The molecule has 0 saturated carbocycles. The number of pyridine rings is 1. The summed E-state index contributed by atoms with van der Waals surface area (Å²) < 4.78 is 2.50. The van der Waals surface area contributed by atoms with E-state index in [4.69, 9.17) is 0 Å². The Kier molecular flexibility index (Phi) is 2.32. The third-order valence-electron chi connectivity index (χ3n) is 3.38. The summed E-state index contributed by atoms with van der Waals surface area (Å²) in [6, 6.07) is 7.64. The molecule has 0 aliphatic heterocycles. The smallest absolute Gasteiger partial charge is 0.280 e. The molecule has 0 saturated heterocycles. The fraction of sp³-hybridized carbons (Fsp3) is 0.214. The average Bonchev–Trinajstić information content (AvgIpc) is 2.41. The van der Waals surface area contributed by atoms with Crippen molar-refractivity contribution < 1.29 is 0 Å². The van der Waals surface area contributed by atoms with Crippen LogP contribution in [0, 0.1) is 6.92 Å². The van der Waals surface area contributed by atoms with Crippen molar-refractivity contribution in [3.05, 3.63) is 50.7 Å². The maximum atomic E-state index is 12.1. The van der Waals surface area contributed by atoms with Crippen LogP contribution >= 0.6 is 0 Å². The number of hydrogen-bond donors (Lipinski definition) is 0. The van der Waals surface area contributed by atoms with Crippen molar-refractivity contribution in [1.29, 1.82) is 0 Å². The van der Waals surface area contributed by atoms with E-state index in [0.29, 0.717) is 11.0 Å². The van der Waals surface area contributed by atoms with Gasteiger partial charge in [-0.1, -0.05) is 12.1 Å². The van der Waals surface area contributed by atoms with Gasteiger partial charge in [-0.2, -0.15) is 0 Å². The second-order valence-electron chi connectivity index (χ2n) is 4.76. The Hall–Kier alpha value is -2.43. The summed E-state index contributed by atoms with van der Waals surface area (Å²) in [5.41, 5.74) is 1.63. The third kappa shape index (κ3) is 1.58. The Morgan fingerprint density at radius 3 is 2.53 bits per heavy atom. The van der Waals surface area contributed by atoms with Gasteiger partial charge in [0.1, 0.15) is 5.65 Å². The molecule has 0 unspecified atom stereocenters. The first-order valence-electron chi connectivity index (χ1n) is 5.96. The molecule has 0 spiro atoms. The number of aryl methyl sites for hydroxylation is 2. The second kappa shape index (κ2) is 3.78. The van der Waals surface area contributed by atoms with Gasteiger partial charge < -0.3 is 0 Å². The highest BCUT2D eigenvalue weighted by molar-refractivity contribution is 5.91. The summed E-state index contributed by atoms with van der Waals surface area (Å²) in [5, 5.41) is 1.36. The van der Waals surface area contributed by atoms with Crippen molar-refractivity contribution in [2.24, 2.45) is 14.1 Å². The van der Waals surface area contributed by atoms with Crippen molar-refractivity contribution in [3.63, 3.8) is 0 Å². The highest BCUT2D eigenvalue weighted by Crippen LogP contribution is 2.17. The highest BCUT2D eigenvalue weighted by Gasteiger charge is 2.10. The van der Waals surface area contributed by atoms with Crippen LogP contribution in [-0.2, 0) is 14.1 Å². The molecule has 0 N–H and O–H groups in total. The van der Waals surface area contributed by atoms with E-state index in [1.165, 1.54) is 11.6 Å². The monoisotopic (exact) mass is 255 g/mol. The van der Waals surface area contributed by atoms with E-state index in [2.05, 4.69) is 4.98 Å². The molecule has 2 aromatic heterocycles. The van der Waals surface area contributed by atoms with Gasteiger partial charge >= 0.3 is 5.69 Å². The molecule has 0 atom stereocenters. The van der Waals surface area contributed by atoms with Gasteiger partial charge in [0.15, 0.2) is 0 Å². The van der Waals surface area contributed by atoms with E-state index in [1.807, 2.05) is 25.1 Å². The van der Waals surface area contributed by atoms with Crippen molar-refractivity contribution in [2.45, 2.75) is 6.92 Å². The molecule has 96 valence electrons. The van der Waals surface area contributed by atoms with Crippen molar-refractivity contribution in [2.75, 3.05) is 0 Å². The van der Waals surface area contributed by atoms with Crippen LogP contribution in [0.25, 0.3) is 21.9 Å². The molecule has 0 amide bonds. The zero-order chi connectivity index (χ0) is 13.7. The van der Waals surface area contributed by atoms with Gasteiger partial charge in [0.2, 0.25) is 0 Å². The Morgan fingerprint density at radius 1 is 1.05 bits per heavy atom. The summed E-state index contributed by atoms with van der Waals surface area (Å²) >= 11 is 0. The van der Waals surface area contributed by atoms with Crippen LogP contribution < -0.4 is 11.2 Å². The molecular formula is C14H13N3O2. The van der Waals surface area contributed by atoms with E-state index < -0.39 is 0 Å². The van der Waals surface area contributed by atoms with Gasteiger partial charge in [0.25, 0.3) is 5.56 Å². The van der Waals surface area contributed by atoms with Crippen molar-refractivity contribution >= 4 is 21.9 Å². The predicted molar refractivity (Wildman–Crippen MR) is 74.5 cm³/mol. The molecule has 5 heteroatoms. The first kappa shape index (κ1) is 11.6. The summed E-state index contributed by atoms with van der Waals surface area (Å²) in [4.78, 5) is 28.5. The number of aromatic nitrogens is 3. The second-order valence-corrected chi connectivity index (χ2v) is 4.76. The molecule has 0 aliphatic carbocycles. The van der Waals surface area contributed by atoms with Crippen molar-refractivity contribution in [1.82, 2.24) is 14.1 Å². The Balaban J connectivity index is 2.63. The van der Waals surface area contributed by atoms with Crippen LogP contribution in [0.1, 0.15) is 5.56 Å². The fourth-order valence-electron chi connectivity index (χ4n) is 2.26. The lowest BCUT2D eigenvalue weighted by Gasteiger charge is -2.08. The van der Waals surface area contributed by atoms with Gasteiger partial charge in [-0.15, -0.1) is 0 Å². The summed E-state index contributed by atoms with van der Waals surface area (Å²) in [5.74, 6) is 0. The van der Waals surface area contributed by atoms with Gasteiger partial charge in [-0.25, -0.2) is 9.78 Å². The minimum atomic E-state index is -0.364. The molecule has 0 fully saturated rings. The highest BCUT2D eigenvalue weighted by atomic mass is 16.2. The Bertz CT molecular complexity index is 935. The largest absolute Gasteiger partial charge is 0.332 e. The first-order valence-corrected chi connectivity index (χ1v) is 5.96. The molecule has 0 bridgehead atoms. The lowest BCUT2D eigenvalue weighted by atomic mass is 10.1. The average molecular weight is 255 g/mol. The minimum Gasteiger partial charge on any atom is -0.280 e. The molecule has 3 aromatic rings. The van der Waals surface area contributed by atoms with E-state index in [0.717, 1.165) is 21.0 Å². The quantitative estimate of drug-likeness (QED) is 0.565. The molecule has 19 heavy (non-hydrogen) atoms. The summed E-state index contributed by atoms with van der Waals surface area (Å²) in [7, 11) is 3.10. The standard InChI is InChI=1S/C14H13N3O2/c1-8-4-5-9-7-10-12(15-11(9)6-8)16(2)14(19)17(3)13(10)18/h4-7H,1-3H3. The molecule has 0 aliphatic rings. The van der Waals surface area contributed by atoms with Crippen LogP contribution in [0.3, 0.4) is 0 Å². The maximum absolute atomic E-state index is 12.1.